The summed E-state index contributed by atoms with van der Waals surface area (Å²) in [6.07, 6.45) is -3.54. The van der Waals surface area contributed by atoms with Crippen molar-refractivity contribution in [2.45, 2.75) is 39.4 Å². The first-order valence-corrected chi connectivity index (χ1v) is 8.31. The van der Waals surface area contributed by atoms with E-state index in [1.54, 1.807) is 45.0 Å². The molecule has 0 atom stereocenters. The van der Waals surface area contributed by atoms with E-state index in [0.29, 0.717) is 10.1 Å². The van der Waals surface area contributed by atoms with E-state index in [9.17, 15) is 18.0 Å². The van der Waals surface area contributed by atoms with Gasteiger partial charge in [0.25, 0.3) is 5.91 Å². The number of carbonyl (C=O) groups excluding carboxylic acids is 1. The highest BCUT2D eigenvalue weighted by Gasteiger charge is 2.36. The summed E-state index contributed by atoms with van der Waals surface area (Å²) in [7, 11) is 0. The maximum Gasteiger partial charge on any atom is 0.433 e. The van der Waals surface area contributed by atoms with Gasteiger partial charge in [0.2, 0.25) is 0 Å². The first-order valence-electron chi connectivity index (χ1n) is 8.31. The number of benzene rings is 1. The maximum atomic E-state index is 13.6. The molecule has 0 saturated carbocycles. The van der Waals surface area contributed by atoms with Gasteiger partial charge in [-0.1, -0.05) is 29.8 Å². The molecule has 0 unspecified atom stereocenters. The van der Waals surface area contributed by atoms with Crippen molar-refractivity contribution in [3.8, 4) is 11.3 Å². The molecule has 0 bridgehead atoms. The second kappa shape index (κ2) is 6.37. The van der Waals surface area contributed by atoms with Crippen LogP contribution in [0.15, 0.2) is 36.5 Å². The summed E-state index contributed by atoms with van der Waals surface area (Å²) in [5, 5.41) is 6.48. The quantitative estimate of drug-likeness (QED) is 0.727. The summed E-state index contributed by atoms with van der Waals surface area (Å²) in [6, 6.07) is 7.91. The number of aromatic nitrogens is 3. The van der Waals surface area contributed by atoms with E-state index < -0.39 is 23.3 Å². The summed E-state index contributed by atoms with van der Waals surface area (Å²) in [5.74, 6) is -0.529. The van der Waals surface area contributed by atoms with Crippen molar-refractivity contribution >= 4 is 11.6 Å². The Labute approximate surface area is 154 Å². The van der Waals surface area contributed by atoms with Crippen LogP contribution in [0, 0.1) is 6.92 Å². The molecule has 8 heteroatoms. The molecule has 0 aliphatic heterocycles. The molecule has 0 saturated heterocycles. The molecule has 0 fully saturated rings. The van der Waals surface area contributed by atoms with Crippen molar-refractivity contribution in [3.63, 3.8) is 0 Å². The fourth-order valence-electron chi connectivity index (χ4n) is 2.61. The number of aryl methyl sites for hydroxylation is 1. The molecule has 2 aromatic heterocycles. The maximum absolute atomic E-state index is 13.6. The van der Waals surface area contributed by atoms with Crippen LogP contribution in [-0.2, 0) is 6.18 Å². The lowest BCUT2D eigenvalue weighted by Gasteiger charge is -2.20. The van der Waals surface area contributed by atoms with Crippen LogP contribution >= 0.6 is 0 Å². The Bertz CT molecular complexity index is 999. The predicted octanol–water partition coefficient (Wildman–Crippen LogP) is 4.25. The van der Waals surface area contributed by atoms with Gasteiger partial charge in [0.1, 0.15) is 5.56 Å². The molecule has 0 spiro atoms. The predicted molar refractivity (Wildman–Crippen MR) is 95.4 cm³/mol. The molecule has 1 aromatic carbocycles. The van der Waals surface area contributed by atoms with Crippen LogP contribution in [0.4, 0.5) is 13.2 Å². The van der Waals surface area contributed by atoms with Crippen LogP contribution in [-0.4, -0.2) is 26.0 Å². The van der Waals surface area contributed by atoms with Crippen molar-refractivity contribution in [3.05, 3.63) is 53.3 Å². The van der Waals surface area contributed by atoms with Crippen molar-refractivity contribution < 1.29 is 18.0 Å². The first kappa shape index (κ1) is 18.9. The lowest BCUT2D eigenvalue weighted by Crippen LogP contribution is -2.40. The van der Waals surface area contributed by atoms with Gasteiger partial charge in [0.05, 0.1) is 11.9 Å². The molecule has 2 heterocycles. The Balaban J connectivity index is 2.22. The largest absolute Gasteiger partial charge is 0.433 e. The Kier molecular flexibility index (Phi) is 4.45. The molecule has 27 heavy (non-hydrogen) atoms. The monoisotopic (exact) mass is 376 g/mol. The summed E-state index contributed by atoms with van der Waals surface area (Å²) < 4.78 is 41.4. The van der Waals surface area contributed by atoms with Gasteiger partial charge in [0, 0.05) is 11.1 Å². The zero-order chi connectivity index (χ0) is 20.0. The van der Waals surface area contributed by atoms with Crippen LogP contribution in [0.3, 0.4) is 0 Å². The molecule has 1 amide bonds. The fourth-order valence-corrected chi connectivity index (χ4v) is 2.61. The highest BCUT2D eigenvalue weighted by molar-refractivity contribution is 6.00. The summed E-state index contributed by atoms with van der Waals surface area (Å²) in [6.45, 7) is 7.22. The Morgan fingerprint density at radius 2 is 1.74 bits per heavy atom. The number of amides is 1. The zero-order valence-electron chi connectivity index (χ0n) is 15.3. The standard InChI is InChI=1S/C19H19F3N4O/c1-11-5-7-12(8-6-11)14-9-15(19(20,21)22)26-16(24-14)13(10-23-26)17(27)25-18(2,3)4/h5-10H,1-4H3,(H,25,27). The molecule has 3 rings (SSSR count). The molecule has 5 nitrogen and oxygen atoms in total. The Hall–Kier alpha value is -2.90. The second-order valence-corrected chi connectivity index (χ2v) is 7.39. The minimum atomic E-state index is -4.65. The molecule has 0 radical (unpaired) electrons. The van der Waals surface area contributed by atoms with Gasteiger partial charge in [-0.05, 0) is 33.8 Å². The lowest BCUT2D eigenvalue weighted by molar-refractivity contribution is -0.142. The average molecular weight is 376 g/mol. The number of fused-ring (bicyclic) bond motifs is 1. The number of alkyl halides is 3. The Morgan fingerprint density at radius 1 is 1.11 bits per heavy atom. The van der Waals surface area contributed by atoms with E-state index >= 15 is 0 Å². The summed E-state index contributed by atoms with van der Waals surface area (Å²) in [5.41, 5.74) is -0.0562. The third-order valence-electron chi connectivity index (χ3n) is 3.84. The van der Waals surface area contributed by atoms with Gasteiger partial charge in [-0.2, -0.15) is 18.3 Å². The van der Waals surface area contributed by atoms with Crippen LogP contribution in [0.2, 0.25) is 0 Å². The SMILES string of the molecule is Cc1ccc(-c2cc(C(F)(F)F)n3ncc(C(=O)NC(C)(C)C)c3n2)cc1. The number of carbonyl (C=O) groups is 1. The number of hydrogen-bond donors (Lipinski definition) is 1. The first-order chi connectivity index (χ1) is 12.5. The van der Waals surface area contributed by atoms with Crippen molar-refractivity contribution in [2.75, 3.05) is 0 Å². The summed E-state index contributed by atoms with van der Waals surface area (Å²) in [4.78, 5) is 16.8. The van der Waals surface area contributed by atoms with Gasteiger partial charge >= 0.3 is 6.18 Å². The molecular formula is C19H19F3N4O. The number of nitrogens with zero attached hydrogens (tertiary/aromatic N) is 3. The Morgan fingerprint density at radius 3 is 2.30 bits per heavy atom. The van der Waals surface area contributed by atoms with E-state index in [2.05, 4.69) is 15.4 Å². The molecule has 0 aliphatic rings. The lowest BCUT2D eigenvalue weighted by atomic mass is 10.1. The molecular weight excluding hydrogens is 357 g/mol. The highest BCUT2D eigenvalue weighted by Crippen LogP contribution is 2.32. The smallest absolute Gasteiger partial charge is 0.347 e. The van der Waals surface area contributed by atoms with E-state index in [4.69, 9.17) is 0 Å². The molecule has 142 valence electrons. The minimum absolute atomic E-state index is 0.00983. The third-order valence-corrected chi connectivity index (χ3v) is 3.84. The normalized spacial score (nSPS) is 12.4. The number of hydrogen-bond acceptors (Lipinski definition) is 3. The van der Waals surface area contributed by atoms with E-state index in [1.807, 2.05) is 6.92 Å². The fraction of sp³-hybridized carbons (Fsp3) is 0.316. The van der Waals surface area contributed by atoms with Gasteiger partial charge in [0.15, 0.2) is 11.3 Å². The van der Waals surface area contributed by atoms with E-state index in [1.165, 1.54) is 0 Å². The molecule has 0 aliphatic carbocycles. The van der Waals surface area contributed by atoms with Gasteiger partial charge in [-0.15, -0.1) is 0 Å². The van der Waals surface area contributed by atoms with Crippen LogP contribution in [0.5, 0.6) is 0 Å². The molecule has 3 aromatic rings. The number of halogens is 3. The summed E-state index contributed by atoms with van der Waals surface area (Å²) >= 11 is 0. The second-order valence-electron chi connectivity index (χ2n) is 7.39. The molecule has 1 N–H and O–H groups in total. The van der Waals surface area contributed by atoms with Crippen molar-refractivity contribution in [1.29, 1.82) is 0 Å². The number of nitrogens with one attached hydrogen (secondary N) is 1. The van der Waals surface area contributed by atoms with E-state index in [-0.39, 0.29) is 16.9 Å². The number of rotatable bonds is 2. The average Bonchev–Trinajstić information content (AvgIpc) is 2.96. The minimum Gasteiger partial charge on any atom is -0.347 e. The van der Waals surface area contributed by atoms with E-state index in [0.717, 1.165) is 17.8 Å². The highest BCUT2D eigenvalue weighted by atomic mass is 19.4. The third kappa shape index (κ3) is 3.94. The van der Waals surface area contributed by atoms with Crippen molar-refractivity contribution in [2.24, 2.45) is 0 Å². The van der Waals surface area contributed by atoms with Crippen LogP contribution in [0.1, 0.15) is 42.4 Å². The van der Waals surface area contributed by atoms with Gasteiger partial charge in [-0.25, -0.2) is 9.50 Å². The van der Waals surface area contributed by atoms with Crippen LogP contribution < -0.4 is 5.32 Å². The van der Waals surface area contributed by atoms with Crippen LogP contribution in [0.25, 0.3) is 16.9 Å². The van der Waals surface area contributed by atoms with Crippen molar-refractivity contribution in [1.82, 2.24) is 19.9 Å². The zero-order valence-corrected chi connectivity index (χ0v) is 15.3. The van der Waals surface area contributed by atoms with Gasteiger partial charge in [-0.3, -0.25) is 4.79 Å². The topological polar surface area (TPSA) is 59.3 Å². The van der Waals surface area contributed by atoms with Gasteiger partial charge < -0.3 is 5.32 Å².